The van der Waals surface area contributed by atoms with Crippen molar-refractivity contribution in [3.63, 3.8) is 0 Å². The van der Waals surface area contributed by atoms with Crippen LogP contribution in [0.3, 0.4) is 0 Å². The van der Waals surface area contributed by atoms with Crippen molar-refractivity contribution in [2.24, 2.45) is 0 Å². The Bertz CT molecular complexity index is 606. The number of phenols is 1. The number of carboxylic acids is 1. The Kier molecular flexibility index (Phi) is 3.21. The molecule has 0 fully saturated rings. The molecule has 90 valence electrons. The third kappa shape index (κ3) is 1.97. The van der Waals surface area contributed by atoms with E-state index in [1.165, 1.54) is 17.4 Å². The fourth-order valence-corrected chi connectivity index (χ4v) is 3.37. The molecule has 0 saturated carbocycles. The Balaban J connectivity index is 2.77. The van der Waals surface area contributed by atoms with Gasteiger partial charge in [-0.2, -0.15) is 0 Å². The van der Waals surface area contributed by atoms with E-state index in [0.29, 0.717) is 20.7 Å². The van der Waals surface area contributed by atoms with Gasteiger partial charge in [-0.15, -0.1) is 11.3 Å². The van der Waals surface area contributed by atoms with Gasteiger partial charge in [0.2, 0.25) is 0 Å². The summed E-state index contributed by atoms with van der Waals surface area (Å²) in [7, 11) is 0. The predicted octanol–water partition coefficient (Wildman–Crippen LogP) is 4.10. The molecule has 0 aliphatic rings. The Morgan fingerprint density at radius 2 is 2.12 bits per heavy atom. The van der Waals surface area contributed by atoms with Crippen LogP contribution in [0.5, 0.6) is 5.75 Å². The second-order valence-electron chi connectivity index (χ2n) is 3.65. The molecule has 1 unspecified atom stereocenters. The summed E-state index contributed by atoms with van der Waals surface area (Å²) in [5.74, 6) is -1.69. The highest BCUT2D eigenvalue weighted by Gasteiger charge is 2.22. The Morgan fingerprint density at radius 3 is 2.71 bits per heavy atom. The van der Waals surface area contributed by atoms with Gasteiger partial charge in [0.25, 0.3) is 0 Å². The van der Waals surface area contributed by atoms with Gasteiger partial charge in [0.15, 0.2) is 0 Å². The standard InChI is InChI=1S/C11H8Cl2O3S/c1-4(11(15)16)5-3-17-10-8(5)6(12)2-7(14)9(10)13/h2-4,14H,1H3,(H,15,16). The van der Waals surface area contributed by atoms with E-state index in [2.05, 4.69) is 0 Å². The summed E-state index contributed by atoms with van der Waals surface area (Å²) in [5, 5.41) is 21.4. The van der Waals surface area contributed by atoms with E-state index in [4.69, 9.17) is 28.3 Å². The SMILES string of the molecule is CC(C(=O)O)c1csc2c(Cl)c(O)cc(Cl)c12. The van der Waals surface area contributed by atoms with E-state index in [9.17, 15) is 9.90 Å². The minimum absolute atomic E-state index is 0.0967. The van der Waals surface area contributed by atoms with Crippen LogP contribution in [0, 0.1) is 0 Å². The molecule has 17 heavy (non-hydrogen) atoms. The van der Waals surface area contributed by atoms with Crippen molar-refractivity contribution >= 4 is 50.6 Å². The average molecular weight is 291 g/mol. The van der Waals surface area contributed by atoms with Crippen molar-refractivity contribution in [1.29, 1.82) is 0 Å². The number of carboxylic acid groups (broad SMARTS) is 1. The molecule has 2 rings (SSSR count). The van der Waals surface area contributed by atoms with Gasteiger partial charge in [0.05, 0.1) is 15.6 Å². The lowest BCUT2D eigenvalue weighted by Crippen LogP contribution is -2.06. The molecule has 2 N–H and O–H groups in total. The molecule has 0 aliphatic carbocycles. The topological polar surface area (TPSA) is 57.5 Å². The van der Waals surface area contributed by atoms with Crippen molar-refractivity contribution in [3.05, 3.63) is 27.1 Å². The molecule has 0 radical (unpaired) electrons. The number of aliphatic carboxylic acids is 1. The first-order chi connectivity index (χ1) is 7.93. The van der Waals surface area contributed by atoms with Gasteiger partial charge in [-0.1, -0.05) is 23.2 Å². The van der Waals surface area contributed by atoms with E-state index in [0.717, 1.165) is 0 Å². The normalized spacial score (nSPS) is 12.9. The van der Waals surface area contributed by atoms with Crippen LogP contribution in [-0.2, 0) is 4.79 Å². The number of halogens is 2. The number of hydrogen-bond acceptors (Lipinski definition) is 3. The van der Waals surface area contributed by atoms with Crippen molar-refractivity contribution in [2.75, 3.05) is 0 Å². The largest absolute Gasteiger partial charge is 0.506 e. The first kappa shape index (κ1) is 12.5. The molecular weight excluding hydrogens is 283 g/mol. The first-order valence-electron chi connectivity index (χ1n) is 4.74. The molecule has 0 saturated heterocycles. The van der Waals surface area contributed by atoms with Crippen molar-refractivity contribution in [3.8, 4) is 5.75 Å². The fourth-order valence-electron chi connectivity index (χ4n) is 1.60. The van der Waals surface area contributed by atoms with Crippen molar-refractivity contribution in [2.45, 2.75) is 12.8 Å². The maximum atomic E-state index is 11.0. The Morgan fingerprint density at radius 1 is 1.47 bits per heavy atom. The van der Waals surface area contributed by atoms with Crippen LogP contribution in [-0.4, -0.2) is 16.2 Å². The number of benzene rings is 1. The van der Waals surface area contributed by atoms with E-state index < -0.39 is 11.9 Å². The monoisotopic (exact) mass is 290 g/mol. The minimum atomic E-state index is -0.926. The molecule has 2 aromatic rings. The summed E-state index contributed by atoms with van der Waals surface area (Å²) in [6, 6.07) is 1.33. The zero-order valence-electron chi connectivity index (χ0n) is 8.70. The molecule has 1 heterocycles. The van der Waals surface area contributed by atoms with Gasteiger partial charge in [-0.25, -0.2) is 0 Å². The molecule has 6 heteroatoms. The van der Waals surface area contributed by atoms with Crippen LogP contribution >= 0.6 is 34.5 Å². The predicted molar refractivity (Wildman–Crippen MR) is 69.6 cm³/mol. The quantitative estimate of drug-likeness (QED) is 0.875. The third-order valence-electron chi connectivity index (χ3n) is 2.58. The van der Waals surface area contributed by atoms with Crippen molar-refractivity contribution < 1.29 is 15.0 Å². The summed E-state index contributed by atoms with van der Waals surface area (Å²) in [6.45, 7) is 1.58. The average Bonchev–Trinajstić information content (AvgIpc) is 2.69. The zero-order valence-corrected chi connectivity index (χ0v) is 11.0. The summed E-state index contributed by atoms with van der Waals surface area (Å²) < 4.78 is 0.611. The second kappa shape index (κ2) is 4.37. The molecule has 3 nitrogen and oxygen atoms in total. The molecule has 1 atom stereocenters. The number of rotatable bonds is 2. The Labute approximate surface area is 111 Å². The van der Waals surface area contributed by atoms with Gasteiger partial charge in [0.1, 0.15) is 10.8 Å². The summed E-state index contributed by atoms with van der Waals surface area (Å²) in [5.41, 5.74) is 0.615. The summed E-state index contributed by atoms with van der Waals surface area (Å²) in [6.07, 6.45) is 0. The van der Waals surface area contributed by atoms with Crippen LogP contribution in [0.15, 0.2) is 11.4 Å². The molecule has 0 bridgehead atoms. The molecule has 0 spiro atoms. The number of carbonyl (C=O) groups is 1. The smallest absolute Gasteiger partial charge is 0.310 e. The van der Waals surface area contributed by atoms with Gasteiger partial charge in [-0.05, 0) is 17.9 Å². The van der Waals surface area contributed by atoms with E-state index in [1.807, 2.05) is 0 Å². The van der Waals surface area contributed by atoms with Crippen LogP contribution in [0.25, 0.3) is 10.1 Å². The number of phenolic OH excluding ortho intramolecular Hbond substituents is 1. The third-order valence-corrected chi connectivity index (χ3v) is 4.39. The fraction of sp³-hybridized carbons (Fsp3) is 0.182. The summed E-state index contributed by atoms with van der Waals surface area (Å²) in [4.78, 5) is 11.0. The van der Waals surface area contributed by atoms with Crippen LogP contribution < -0.4 is 0 Å². The molecular formula is C11H8Cl2O3S. The van der Waals surface area contributed by atoms with Gasteiger partial charge in [-0.3, -0.25) is 4.79 Å². The highest BCUT2D eigenvalue weighted by atomic mass is 35.5. The van der Waals surface area contributed by atoms with E-state index >= 15 is 0 Å². The highest BCUT2D eigenvalue weighted by Crippen LogP contribution is 2.44. The number of aromatic hydroxyl groups is 1. The maximum absolute atomic E-state index is 11.0. The van der Waals surface area contributed by atoms with Crippen LogP contribution in [0.4, 0.5) is 0 Å². The number of hydrogen-bond donors (Lipinski definition) is 2. The van der Waals surface area contributed by atoms with Gasteiger partial charge in [0, 0.05) is 11.5 Å². The molecule has 0 aliphatic heterocycles. The van der Waals surface area contributed by atoms with Crippen LogP contribution in [0.1, 0.15) is 18.4 Å². The maximum Gasteiger partial charge on any atom is 0.310 e. The first-order valence-corrected chi connectivity index (χ1v) is 6.38. The van der Waals surface area contributed by atoms with Gasteiger partial charge < -0.3 is 10.2 Å². The van der Waals surface area contributed by atoms with E-state index in [1.54, 1.807) is 12.3 Å². The van der Waals surface area contributed by atoms with Crippen LogP contribution in [0.2, 0.25) is 10.0 Å². The lowest BCUT2D eigenvalue weighted by Gasteiger charge is -2.07. The number of fused-ring (bicyclic) bond motifs is 1. The van der Waals surface area contributed by atoms with Gasteiger partial charge >= 0.3 is 5.97 Å². The lowest BCUT2D eigenvalue weighted by atomic mass is 10.0. The number of thiophene rings is 1. The zero-order chi connectivity index (χ0) is 12.7. The molecule has 0 amide bonds. The summed E-state index contributed by atoms with van der Waals surface area (Å²) >= 11 is 13.2. The highest BCUT2D eigenvalue weighted by molar-refractivity contribution is 7.18. The minimum Gasteiger partial charge on any atom is -0.506 e. The second-order valence-corrected chi connectivity index (χ2v) is 5.31. The Hall–Kier alpha value is -0.970. The molecule has 1 aromatic heterocycles. The lowest BCUT2D eigenvalue weighted by molar-refractivity contribution is -0.138. The van der Waals surface area contributed by atoms with Crippen molar-refractivity contribution in [1.82, 2.24) is 0 Å². The van der Waals surface area contributed by atoms with E-state index in [-0.39, 0.29) is 10.8 Å². The molecule has 1 aromatic carbocycles.